The van der Waals surface area contributed by atoms with Gasteiger partial charge in [0.1, 0.15) is 5.82 Å². The van der Waals surface area contributed by atoms with Gasteiger partial charge in [0.2, 0.25) is 0 Å². The molecule has 2 aliphatic rings. The maximum Gasteiger partial charge on any atom is 0.252 e. The summed E-state index contributed by atoms with van der Waals surface area (Å²) in [4.78, 5) is 18.4. The second kappa shape index (κ2) is 7.09. The Morgan fingerprint density at radius 3 is 2.67 bits per heavy atom. The van der Waals surface area contributed by atoms with E-state index in [1.54, 1.807) is 17.0 Å². The topological polar surface area (TPSA) is 66.8 Å². The summed E-state index contributed by atoms with van der Waals surface area (Å²) < 4.78 is 37.8. The van der Waals surface area contributed by atoms with Crippen molar-refractivity contribution in [2.75, 3.05) is 16.4 Å². The van der Waals surface area contributed by atoms with Gasteiger partial charge in [-0.25, -0.2) is 12.8 Å². The second-order valence-corrected chi connectivity index (χ2v) is 9.96. The van der Waals surface area contributed by atoms with E-state index in [4.69, 9.17) is 0 Å². The Morgan fingerprint density at radius 1 is 1.15 bits per heavy atom. The Kier molecular flexibility index (Phi) is 4.77. The number of sulfone groups is 1. The molecule has 0 aromatic heterocycles. The van der Waals surface area contributed by atoms with Gasteiger partial charge in [-0.3, -0.25) is 4.79 Å². The van der Waals surface area contributed by atoms with Crippen LogP contribution in [0, 0.1) is 5.82 Å². The second-order valence-electron chi connectivity index (χ2n) is 6.60. The number of carbonyl (C=O) groups is 1. The van der Waals surface area contributed by atoms with Crippen LogP contribution < -0.4 is 4.90 Å². The van der Waals surface area contributed by atoms with Crippen molar-refractivity contribution in [3.63, 3.8) is 0 Å². The summed E-state index contributed by atoms with van der Waals surface area (Å²) in [5, 5.41) is 0.230. The van der Waals surface area contributed by atoms with Gasteiger partial charge < -0.3 is 4.90 Å². The summed E-state index contributed by atoms with van der Waals surface area (Å²) in [6.07, 6.45) is 0.162. The van der Waals surface area contributed by atoms with Crippen LogP contribution in [-0.4, -0.2) is 42.3 Å². The molecule has 2 aliphatic heterocycles. The number of aliphatic imine (C=N–C) groups is 1. The number of amidine groups is 1. The van der Waals surface area contributed by atoms with E-state index >= 15 is 0 Å². The first-order valence-corrected chi connectivity index (χ1v) is 11.2. The number of amides is 1. The molecule has 0 aliphatic carbocycles. The molecule has 2 aromatic carbocycles. The van der Waals surface area contributed by atoms with Crippen LogP contribution in [0.3, 0.4) is 0 Å². The first kappa shape index (κ1) is 18.2. The third-order valence-corrected chi connectivity index (χ3v) is 7.78. The molecule has 2 heterocycles. The SMILES string of the molecule is O=C(Cc1ccccc1)N=C1SC2CS(=O)(=O)CC2N1c1cccc(F)c1. The summed E-state index contributed by atoms with van der Waals surface area (Å²) >= 11 is 1.28. The summed E-state index contributed by atoms with van der Waals surface area (Å²) in [6, 6.07) is 14.9. The normalized spacial score (nSPS) is 24.9. The fourth-order valence-corrected chi connectivity index (χ4v) is 7.34. The van der Waals surface area contributed by atoms with Crippen LogP contribution >= 0.6 is 11.8 Å². The molecule has 8 heteroatoms. The fraction of sp³-hybridized carbons (Fsp3) is 0.263. The molecule has 2 aromatic rings. The molecule has 0 radical (unpaired) electrons. The van der Waals surface area contributed by atoms with Gasteiger partial charge in [-0.05, 0) is 23.8 Å². The lowest BCUT2D eigenvalue weighted by Gasteiger charge is -2.24. The zero-order valence-electron chi connectivity index (χ0n) is 14.3. The third kappa shape index (κ3) is 3.91. The van der Waals surface area contributed by atoms with E-state index in [2.05, 4.69) is 4.99 Å². The Bertz CT molecular complexity index is 1010. The number of halogens is 1. The summed E-state index contributed by atoms with van der Waals surface area (Å²) in [5.41, 5.74) is 1.37. The van der Waals surface area contributed by atoms with Gasteiger partial charge in [0.05, 0.1) is 24.0 Å². The highest BCUT2D eigenvalue weighted by Crippen LogP contribution is 2.41. The summed E-state index contributed by atoms with van der Waals surface area (Å²) in [5.74, 6) is -0.711. The Balaban J connectivity index is 1.65. The molecular formula is C19H17FN2O3S2. The standard InChI is InChI=1S/C19H17FN2O3S2/c20-14-7-4-8-15(10-14)22-16-11-27(24,25)12-17(16)26-19(22)21-18(23)9-13-5-2-1-3-6-13/h1-8,10,16-17H,9,11-12H2. The van der Waals surface area contributed by atoms with Crippen molar-refractivity contribution in [1.82, 2.24) is 0 Å². The predicted molar refractivity (Wildman–Crippen MR) is 105 cm³/mol. The quantitative estimate of drug-likeness (QED) is 0.787. The van der Waals surface area contributed by atoms with E-state index < -0.39 is 15.7 Å². The third-order valence-electron chi connectivity index (χ3n) is 4.57. The number of carbonyl (C=O) groups excluding carboxylic acids is 1. The van der Waals surface area contributed by atoms with Crippen LogP contribution in [0.25, 0.3) is 0 Å². The monoisotopic (exact) mass is 404 g/mol. The molecule has 1 amide bonds. The van der Waals surface area contributed by atoms with Gasteiger partial charge in [0.15, 0.2) is 15.0 Å². The Morgan fingerprint density at radius 2 is 1.93 bits per heavy atom. The van der Waals surface area contributed by atoms with E-state index in [-0.39, 0.29) is 35.1 Å². The zero-order valence-corrected chi connectivity index (χ0v) is 15.9. The van der Waals surface area contributed by atoms with Crippen molar-refractivity contribution in [2.24, 2.45) is 4.99 Å². The summed E-state index contributed by atoms with van der Waals surface area (Å²) in [6.45, 7) is 0. The van der Waals surface area contributed by atoms with Gasteiger partial charge in [0.25, 0.3) is 5.91 Å². The first-order chi connectivity index (χ1) is 12.9. The number of anilines is 1. The lowest BCUT2D eigenvalue weighted by atomic mass is 10.1. The van der Waals surface area contributed by atoms with Crippen LogP contribution in [0.1, 0.15) is 5.56 Å². The molecule has 2 atom stereocenters. The first-order valence-electron chi connectivity index (χ1n) is 8.49. The lowest BCUT2D eigenvalue weighted by Crippen LogP contribution is -2.37. The maximum atomic E-state index is 13.7. The van der Waals surface area contributed by atoms with E-state index in [0.29, 0.717) is 10.9 Å². The van der Waals surface area contributed by atoms with Crippen LogP contribution in [0.15, 0.2) is 59.6 Å². The van der Waals surface area contributed by atoms with Crippen molar-refractivity contribution in [2.45, 2.75) is 17.7 Å². The number of thioether (sulfide) groups is 1. The summed E-state index contributed by atoms with van der Waals surface area (Å²) in [7, 11) is -3.15. The predicted octanol–water partition coefficient (Wildman–Crippen LogP) is 2.67. The molecule has 140 valence electrons. The average Bonchev–Trinajstić information content (AvgIpc) is 3.06. The molecule has 27 heavy (non-hydrogen) atoms. The zero-order chi connectivity index (χ0) is 19.0. The highest BCUT2D eigenvalue weighted by molar-refractivity contribution is 8.16. The van der Waals surface area contributed by atoms with E-state index in [9.17, 15) is 17.6 Å². The highest BCUT2D eigenvalue weighted by Gasteiger charge is 2.49. The molecule has 2 fully saturated rings. The molecule has 2 saturated heterocycles. The number of hydrogen-bond donors (Lipinski definition) is 0. The average molecular weight is 404 g/mol. The van der Waals surface area contributed by atoms with Gasteiger partial charge >= 0.3 is 0 Å². The molecular weight excluding hydrogens is 387 g/mol. The number of benzene rings is 2. The molecule has 2 unspecified atom stereocenters. The van der Waals surface area contributed by atoms with E-state index in [1.807, 2.05) is 30.3 Å². The molecule has 4 rings (SSSR count). The molecule has 0 bridgehead atoms. The Hall–Kier alpha value is -2.19. The molecule has 0 N–H and O–H groups in total. The minimum absolute atomic E-state index is 0.0208. The largest absolute Gasteiger partial charge is 0.315 e. The number of rotatable bonds is 3. The van der Waals surface area contributed by atoms with Crippen molar-refractivity contribution in [3.05, 3.63) is 66.0 Å². The van der Waals surface area contributed by atoms with Crippen molar-refractivity contribution in [3.8, 4) is 0 Å². The smallest absolute Gasteiger partial charge is 0.252 e. The van der Waals surface area contributed by atoms with Crippen molar-refractivity contribution in [1.29, 1.82) is 0 Å². The van der Waals surface area contributed by atoms with Crippen LogP contribution in [0.2, 0.25) is 0 Å². The highest BCUT2D eigenvalue weighted by atomic mass is 32.2. The minimum Gasteiger partial charge on any atom is -0.315 e. The van der Waals surface area contributed by atoms with Crippen LogP contribution in [0.4, 0.5) is 10.1 Å². The van der Waals surface area contributed by atoms with Crippen molar-refractivity contribution >= 4 is 38.4 Å². The minimum atomic E-state index is -3.15. The van der Waals surface area contributed by atoms with Gasteiger partial charge in [-0.15, -0.1) is 0 Å². The van der Waals surface area contributed by atoms with Gasteiger partial charge in [-0.2, -0.15) is 4.99 Å². The van der Waals surface area contributed by atoms with Crippen LogP contribution in [-0.2, 0) is 21.1 Å². The van der Waals surface area contributed by atoms with Crippen LogP contribution in [0.5, 0.6) is 0 Å². The fourth-order valence-electron chi connectivity index (χ4n) is 3.41. The molecule has 0 saturated carbocycles. The number of fused-ring (bicyclic) bond motifs is 1. The van der Waals surface area contributed by atoms with E-state index in [0.717, 1.165) is 5.56 Å². The van der Waals surface area contributed by atoms with E-state index in [1.165, 1.54) is 23.9 Å². The maximum absolute atomic E-state index is 13.7. The lowest BCUT2D eigenvalue weighted by molar-refractivity contribution is -0.117. The Labute approximate surface area is 161 Å². The van der Waals surface area contributed by atoms with Crippen molar-refractivity contribution < 1.29 is 17.6 Å². The molecule has 0 spiro atoms. The number of hydrogen-bond acceptors (Lipinski definition) is 4. The van der Waals surface area contributed by atoms with Gasteiger partial charge in [0, 0.05) is 10.9 Å². The van der Waals surface area contributed by atoms with Gasteiger partial charge in [-0.1, -0.05) is 48.2 Å². The number of nitrogens with zero attached hydrogens (tertiary/aromatic N) is 2. The molecule has 5 nitrogen and oxygen atoms in total.